The van der Waals surface area contributed by atoms with Crippen molar-refractivity contribution in [2.24, 2.45) is 0 Å². The van der Waals surface area contributed by atoms with E-state index < -0.39 is 0 Å². The van der Waals surface area contributed by atoms with Gasteiger partial charge in [0.15, 0.2) is 5.69 Å². The first-order chi connectivity index (χ1) is 9.65. The molecule has 3 rings (SSSR count). The second-order valence-corrected chi connectivity index (χ2v) is 6.16. The summed E-state index contributed by atoms with van der Waals surface area (Å²) in [7, 11) is 0. The third kappa shape index (κ3) is 2.59. The Kier molecular flexibility index (Phi) is 3.78. The highest BCUT2D eigenvalue weighted by molar-refractivity contribution is 5.92. The Balaban J connectivity index is 1.79. The average Bonchev–Trinajstić information content (AvgIpc) is 3.04. The molecule has 1 amide bonds. The number of aryl methyl sites for hydroxylation is 1. The number of hydrogen-bond donors (Lipinski definition) is 0. The number of amides is 1. The van der Waals surface area contributed by atoms with Crippen LogP contribution in [0.5, 0.6) is 0 Å². The van der Waals surface area contributed by atoms with Crippen molar-refractivity contribution in [1.82, 2.24) is 19.6 Å². The summed E-state index contributed by atoms with van der Waals surface area (Å²) in [5.41, 5.74) is 1.81. The highest BCUT2D eigenvalue weighted by Crippen LogP contribution is 2.18. The van der Waals surface area contributed by atoms with Crippen molar-refractivity contribution >= 4 is 5.91 Å². The summed E-state index contributed by atoms with van der Waals surface area (Å²) in [6.07, 6.45) is 3.35. The monoisotopic (exact) mass is 276 g/mol. The first kappa shape index (κ1) is 13.6. The van der Waals surface area contributed by atoms with Crippen molar-refractivity contribution in [2.45, 2.75) is 52.2 Å². The third-order valence-electron chi connectivity index (χ3n) is 4.39. The molecule has 2 aliphatic rings. The lowest BCUT2D eigenvalue weighted by atomic mass is 10.2. The number of fused-ring (bicyclic) bond motifs is 1. The van der Waals surface area contributed by atoms with Crippen molar-refractivity contribution in [3.63, 3.8) is 0 Å². The lowest BCUT2D eigenvalue weighted by molar-refractivity contribution is 0.0786. The molecule has 0 aliphatic carbocycles. The number of carbonyl (C=O) groups excluding carboxylic acids is 1. The normalized spacial score (nSPS) is 20.2. The summed E-state index contributed by atoms with van der Waals surface area (Å²) in [4.78, 5) is 16.8. The molecule has 1 saturated heterocycles. The van der Waals surface area contributed by atoms with E-state index in [1.165, 1.54) is 5.69 Å². The van der Waals surface area contributed by atoms with Crippen LogP contribution in [0, 0.1) is 0 Å². The van der Waals surface area contributed by atoms with Crippen molar-refractivity contribution in [3.8, 4) is 0 Å². The Bertz CT molecular complexity index is 488. The number of rotatable bonds is 2. The number of carbonyl (C=O) groups is 1. The average molecular weight is 276 g/mol. The van der Waals surface area contributed by atoms with Crippen molar-refractivity contribution in [2.75, 3.05) is 19.6 Å². The minimum absolute atomic E-state index is 0.110. The second-order valence-electron chi connectivity index (χ2n) is 6.16. The SMILES string of the molecule is CC(C)N1CCCn2nc(C(=O)N3CCCC3)cc2C1. The third-order valence-corrected chi connectivity index (χ3v) is 4.39. The van der Waals surface area contributed by atoms with Crippen LogP contribution in [0.15, 0.2) is 6.07 Å². The van der Waals surface area contributed by atoms with Crippen LogP contribution in [-0.4, -0.2) is 51.2 Å². The summed E-state index contributed by atoms with van der Waals surface area (Å²) < 4.78 is 2.03. The Morgan fingerprint density at radius 2 is 1.90 bits per heavy atom. The maximum atomic E-state index is 12.4. The van der Waals surface area contributed by atoms with Crippen molar-refractivity contribution in [1.29, 1.82) is 0 Å². The predicted molar refractivity (Wildman–Crippen MR) is 77.5 cm³/mol. The number of hydrogen-bond acceptors (Lipinski definition) is 3. The molecule has 1 aromatic rings. The molecule has 0 atom stereocenters. The minimum atomic E-state index is 0.110. The van der Waals surface area contributed by atoms with Gasteiger partial charge in [-0.25, -0.2) is 0 Å². The van der Waals surface area contributed by atoms with Crippen LogP contribution in [0.1, 0.15) is 49.3 Å². The lowest BCUT2D eigenvalue weighted by Gasteiger charge is -2.23. The summed E-state index contributed by atoms with van der Waals surface area (Å²) in [6, 6.07) is 2.54. The van der Waals surface area contributed by atoms with E-state index in [4.69, 9.17) is 0 Å². The second kappa shape index (κ2) is 5.56. The molecule has 3 heterocycles. The smallest absolute Gasteiger partial charge is 0.274 e. The molecule has 20 heavy (non-hydrogen) atoms. The topological polar surface area (TPSA) is 41.4 Å². The Hall–Kier alpha value is -1.36. The van der Waals surface area contributed by atoms with Gasteiger partial charge in [-0.2, -0.15) is 5.10 Å². The molecular formula is C15H24N4O. The Morgan fingerprint density at radius 3 is 2.60 bits per heavy atom. The van der Waals surface area contributed by atoms with Crippen LogP contribution in [-0.2, 0) is 13.1 Å². The van der Waals surface area contributed by atoms with E-state index in [0.29, 0.717) is 11.7 Å². The first-order valence-electron chi connectivity index (χ1n) is 7.75. The largest absolute Gasteiger partial charge is 0.337 e. The summed E-state index contributed by atoms with van der Waals surface area (Å²) in [5, 5.41) is 4.55. The fourth-order valence-corrected chi connectivity index (χ4v) is 3.11. The van der Waals surface area contributed by atoms with Gasteiger partial charge in [0.25, 0.3) is 5.91 Å². The lowest BCUT2D eigenvalue weighted by Crippen LogP contribution is -2.30. The van der Waals surface area contributed by atoms with Crippen molar-refractivity contribution in [3.05, 3.63) is 17.5 Å². The molecule has 0 N–H and O–H groups in total. The van der Waals surface area contributed by atoms with Gasteiger partial charge in [0.05, 0.1) is 5.69 Å². The van der Waals surface area contributed by atoms with Gasteiger partial charge in [-0.1, -0.05) is 0 Å². The van der Waals surface area contributed by atoms with Gasteiger partial charge >= 0.3 is 0 Å². The van der Waals surface area contributed by atoms with Gasteiger partial charge in [-0.15, -0.1) is 0 Å². The Morgan fingerprint density at radius 1 is 1.15 bits per heavy atom. The highest BCUT2D eigenvalue weighted by Gasteiger charge is 2.25. The van der Waals surface area contributed by atoms with E-state index in [9.17, 15) is 4.79 Å². The van der Waals surface area contributed by atoms with Crippen LogP contribution in [0.2, 0.25) is 0 Å². The number of nitrogens with zero attached hydrogens (tertiary/aromatic N) is 4. The van der Waals surface area contributed by atoms with Crippen LogP contribution >= 0.6 is 0 Å². The zero-order valence-corrected chi connectivity index (χ0v) is 12.5. The van der Waals surface area contributed by atoms with Gasteiger partial charge in [0.2, 0.25) is 0 Å². The molecule has 0 radical (unpaired) electrons. The van der Waals surface area contributed by atoms with Crippen LogP contribution in [0.4, 0.5) is 0 Å². The molecule has 2 aliphatic heterocycles. The molecule has 5 nitrogen and oxygen atoms in total. The number of aromatic nitrogens is 2. The maximum Gasteiger partial charge on any atom is 0.274 e. The quantitative estimate of drug-likeness (QED) is 0.826. The molecule has 0 saturated carbocycles. The molecule has 0 bridgehead atoms. The molecule has 1 fully saturated rings. The van der Waals surface area contributed by atoms with Crippen LogP contribution in [0.25, 0.3) is 0 Å². The molecule has 1 aromatic heterocycles. The molecule has 0 spiro atoms. The summed E-state index contributed by atoms with van der Waals surface area (Å²) >= 11 is 0. The van der Waals surface area contributed by atoms with Gasteiger partial charge in [0.1, 0.15) is 0 Å². The van der Waals surface area contributed by atoms with E-state index >= 15 is 0 Å². The molecule has 5 heteroatoms. The van der Waals surface area contributed by atoms with E-state index in [2.05, 4.69) is 23.8 Å². The molecular weight excluding hydrogens is 252 g/mol. The van der Waals surface area contributed by atoms with Crippen LogP contribution < -0.4 is 0 Å². The summed E-state index contributed by atoms with van der Waals surface area (Å²) in [5.74, 6) is 0.110. The molecule has 110 valence electrons. The van der Waals surface area contributed by atoms with Crippen molar-refractivity contribution < 1.29 is 4.79 Å². The molecule has 0 unspecified atom stereocenters. The van der Waals surface area contributed by atoms with Gasteiger partial charge < -0.3 is 4.90 Å². The highest BCUT2D eigenvalue weighted by atomic mass is 16.2. The van der Waals surface area contributed by atoms with E-state index in [-0.39, 0.29) is 5.91 Å². The maximum absolute atomic E-state index is 12.4. The predicted octanol–water partition coefficient (Wildman–Crippen LogP) is 1.73. The minimum Gasteiger partial charge on any atom is -0.337 e. The van der Waals surface area contributed by atoms with Crippen LogP contribution in [0.3, 0.4) is 0 Å². The van der Waals surface area contributed by atoms with E-state index in [0.717, 1.165) is 52.0 Å². The fourth-order valence-electron chi connectivity index (χ4n) is 3.11. The van der Waals surface area contributed by atoms with Gasteiger partial charge in [0, 0.05) is 38.8 Å². The fraction of sp³-hybridized carbons (Fsp3) is 0.733. The zero-order valence-electron chi connectivity index (χ0n) is 12.5. The van der Waals surface area contributed by atoms with Gasteiger partial charge in [-0.3, -0.25) is 14.4 Å². The Labute approximate surface area is 120 Å². The van der Waals surface area contributed by atoms with E-state index in [1.54, 1.807) is 0 Å². The standard InChI is InChI=1S/C15H24N4O/c1-12(2)18-8-5-9-19-13(11-18)10-14(16-19)15(20)17-6-3-4-7-17/h10,12H,3-9,11H2,1-2H3. The van der Waals surface area contributed by atoms with Gasteiger partial charge in [-0.05, 0) is 39.2 Å². The van der Waals surface area contributed by atoms with E-state index in [1.807, 2.05) is 15.6 Å². The zero-order chi connectivity index (χ0) is 14.1. The molecule has 0 aromatic carbocycles. The summed E-state index contributed by atoms with van der Waals surface area (Å²) in [6.45, 7) is 9.16. The first-order valence-corrected chi connectivity index (χ1v) is 7.75. The number of likely N-dealkylation sites (tertiary alicyclic amines) is 1.